The van der Waals surface area contributed by atoms with Crippen molar-refractivity contribution in [2.24, 2.45) is 5.92 Å². The fourth-order valence-corrected chi connectivity index (χ4v) is 4.48. The Morgan fingerprint density at radius 3 is 2.70 bits per heavy atom. The molecule has 4 aromatic rings. The number of fused-ring (bicyclic) bond motifs is 1. The fraction of sp³-hybridized carbons (Fsp3) is 0.423. The van der Waals surface area contributed by atoms with Gasteiger partial charge in [-0.2, -0.15) is 10.2 Å². The van der Waals surface area contributed by atoms with Gasteiger partial charge in [0, 0.05) is 29.5 Å². The summed E-state index contributed by atoms with van der Waals surface area (Å²) in [5.74, 6) is 3.05. The van der Waals surface area contributed by atoms with Crippen LogP contribution in [0.2, 0.25) is 0 Å². The standard InChI is InChI=1S/C26H32N6O/c1-18(2)15-24-27-26(31-29-24)20-9-10-23-22(17-20)25(30-28-23)19-7-6-8-21(16-19)33-14-13-32-11-4-3-5-12-32/h6-10,16-18H,3-5,11-15H2,1-2H3,(H,28,30)(H,27,29,31). The predicted molar refractivity (Wildman–Crippen MR) is 131 cm³/mol. The van der Waals surface area contributed by atoms with Gasteiger partial charge >= 0.3 is 0 Å². The predicted octanol–water partition coefficient (Wildman–Crippen LogP) is 5.08. The molecule has 33 heavy (non-hydrogen) atoms. The number of hydrogen-bond acceptors (Lipinski definition) is 5. The Labute approximate surface area is 194 Å². The average molecular weight is 445 g/mol. The van der Waals surface area contributed by atoms with Crippen LogP contribution in [0.4, 0.5) is 0 Å². The first-order valence-electron chi connectivity index (χ1n) is 12.0. The topological polar surface area (TPSA) is 82.7 Å². The maximum absolute atomic E-state index is 6.08. The number of hydrogen-bond donors (Lipinski definition) is 2. The summed E-state index contributed by atoms with van der Waals surface area (Å²) in [5, 5.41) is 16.3. The Morgan fingerprint density at radius 1 is 0.970 bits per heavy atom. The molecule has 7 nitrogen and oxygen atoms in total. The van der Waals surface area contributed by atoms with Gasteiger partial charge in [0.2, 0.25) is 0 Å². The third kappa shape index (κ3) is 5.09. The van der Waals surface area contributed by atoms with Crippen LogP contribution in [0.25, 0.3) is 33.5 Å². The van der Waals surface area contributed by atoms with Crippen molar-refractivity contribution in [3.8, 4) is 28.4 Å². The largest absolute Gasteiger partial charge is 0.492 e. The molecule has 0 aliphatic carbocycles. The van der Waals surface area contributed by atoms with Crippen molar-refractivity contribution in [1.82, 2.24) is 30.3 Å². The Morgan fingerprint density at radius 2 is 1.85 bits per heavy atom. The number of rotatable bonds is 8. The molecule has 2 aromatic heterocycles. The zero-order chi connectivity index (χ0) is 22.6. The summed E-state index contributed by atoms with van der Waals surface area (Å²) >= 11 is 0. The molecular formula is C26H32N6O. The molecule has 1 fully saturated rings. The molecule has 172 valence electrons. The van der Waals surface area contributed by atoms with Gasteiger partial charge in [-0.3, -0.25) is 15.1 Å². The number of ether oxygens (including phenoxy) is 1. The zero-order valence-electron chi connectivity index (χ0n) is 19.5. The minimum absolute atomic E-state index is 0.531. The molecule has 0 saturated carbocycles. The lowest BCUT2D eigenvalue weighted by atomic mass is 10.1. The smallest absolute Gasteiger partial charge is 0.181 e. The summed E-state index contributed by atoms with van der Waals surface area (Å²) in [5.41, 5.74) is 3.91. The Kier molecular flexibility index (Phi) is 6.39. The van der Waals surface area contributed by atoms with Crippen LogP contribution in [0.1, 0.15) is 38.9 Å². The minimum atomic E-state index is 0.531. The lowest BCUT2D eigenvalue weighted by molar-refractivity contribution is 0.183. The van der Waals surface area contributed by atoms with E-state index >= 15 is 0 Å². The molecule has 0 spiro atoms. The van der Waals surface area contributed by atoms with Crippen LogP contribution in [-0.4, -0.2) is 56.5 Å². The molecule has 1 aliphatic heterocycles. The van der Waals surface area contributed by atoms with E-state index in [1.807, 2.05) is 24.3 Å². The average Bonchev–Trinajstić information content (AvgIpc) is 3.46. The molecule has 2 aromatic carbocycles. The first-order chi connectivity index (χ1) is 16.2. The highest BCUT2D eigenvalue weighted by molar-refractivity contribution is 5.95. The van der Waals surface area contributed by atoms with E-state index in [2.05, 4.69) is 62.3 Å². The molecule has 5 rings (SSSR count). The number of H-pyrrole nitrogens is 2. The Hall–Kier alpha value is -3.19. The van der Waals surface area contributed by atoms with Gasteiger partial charge in [-0.05, 0) is 62.2 Å². The van der Waals surface area contributed by atoms with Crippen LogP contribution in [0, 0.1) is 5.92 Å². The number of nitrogens with zero attached hydrogens (tertiary/aromatic N) is 4. The number of benzene rings is 2. The van der Waals surface area contributed by atoms with Gasteiger partial charge in [0.1, 0.15) is 23.9 Å². The van der Waals surface area contributed by atoms with Crippen LogP contribution >= 0.6 is 0 Å². The molecule has 0 radical (unpaired) electrons. The van der Waals surface area contributed by atoms with E-state index < -0.39 is 0 Å². The first-order valence-corrected chi connectivity index (χ1v) is 12.0. The molecule has 0 atom stereocenters. The second-order valence-electron chi connectivity index (χ2n) is 9.31. The van der Waals surface area contributed by atoms with Gasteiger partial charge in [-0.15, -0.1) is 0 Å². The fourth-order valence-electron chi connectivity index (χ4n) is 4.48. The summed E-state index contributed by atoms with van der Waals surface area (Å²) in [6.07, 6.45) is 4.85. The highest BCUT2D eigenvalue weighted by Gasteiger charge is 2.14. The van der Waals surface area contributed by atoms with Gasteiger partial charge in [0.05, 0.1) is 5.52 Å². The summed E-state index contributed by atoms with van der Waals surface area (Å²) < 4.78 is 6.08. The van der Waals surface area contributed by atoms with E-state index in [-0.39, 0.29) is 0 Å². The van der Waals surface area contributed by atoms with Crippen LogP contribution < -0.4 is 4.74 Å². The molecule has 0 amide bonds. The maximum Gasteiger partial charge on any atom is 0.181 e. The first kappa shape index (κ1) is 21.6. The van der Waals surface area contributed by atoms with Crippen molar-refractivity contribution in [2.75, 3.05) is 26.2 Å². The van der Waals surface area contributed by atoms with E-state index in [4.69, 9.17) is 4.74 Å². The van der Waals surface area contributed by atoms with Crippen molar-refractivity contribution in [3.05, 3.63) is 48.3 Å². The lowest BCUT2D eigenvalue weighted by Gasteiger charge is -2.26. The van der Waals surface area contributed by atoms with Crippen LogP contribution in [0.5, 0.6) is 5.75 Å². The van der Waals surface area contributed by atoms with Gasteiger partial charge in [0.25, 0.3) is 0 Å². The number of likely N-dealkylation sites (tertiary alicyclic amines) is 1. The molecule has 0 unspecified atom stereocenters. The van der Waals surface area contributed by atoms with Crippen LogP contribution in [-0.2, 0) is 6.42 Å². The number of aromatic nitrogens is 5. The van der Waals surface area contributed by atoms with E-state index in [0.717, 1.165) is 58.1 Å². The normalized spacial score (nSPS) is 14.9. The maximum atomic E-state index is 6.08. The molecular weight excluding hydrogens is 412 g/mol. The SMILES string of the molecule is CC(C)Cc1nc(-c2ccc3[nH]nc(-c4cccc(OCCN5CCCCC5)c4)c3c2)n[nH]1. The van der Waals surface area contributed by atoms with Crippen LogP contribution in [0.3, 0.4) is 0 Å². The summed E-state index contributed by atoms with van der Waals surface area (Å²) in [7, 11) is 0. The van der Waals surface area contributed by atoms with Gasteiger partial charge in [-0.25, -0.2) is 4.98 Å². The highest BCUT2D eigenvalue weighted by atomic mass is 16.5. The van der Waals surface area contributed by atoms with Crippen molar-refractivity contribution < 1.29 is 4.74 Å². The molecule has 2 N–H and O–H groups in total. The second-order valence-corrected chi connectivity index (χ2v) is 9.31. The molecule has 7 heteroatoms. The van der Waals surface area contributed by atoms with E-state index in [9.17, 15) is 0 Å². The number of aromatic amines is 2. The number of nitrogens with one attached hydrogen (secondary N) is 2. The molecule has 1 saturated heterocycles. The van der Waals surface area contributed by atoms with Gasteiger partial charge in [-0.1, -0.05) is 32.4 Å². The van der Waals surface area contributed by atoms with E-state index in [0.29, 0.717) is 12.5 Å². The van der Waals surface area contributed by atoms with E-state index in [1.165, 1.54) is 32.4 Å². The van der Waals surface area contributed by atoms with Crippen LogP contribution in [0.15, 0.2) is 42.5 Å². The monoisotopic (exact) mass is 444 g/mol. The van der Waals surface area contributed by atoms with Crippen molar-refractivity contribution in [1.29, 1.82) is 0 Å². The summed E-state index contributed by atoms with van der Waals surface area (Å²) in [4.78, 5) is 7.17. The van der Waals surface area contributed by atoms with Gasteiger partial charge < -0.3 is 4.74 Å². The highest BCUT2D eigenvalue weighted by Crippen LogP contribution is 2.31. The van der Waals surface area contributed by atoms with Crippen molar-refractivity contribution in [3.63, 3.8) is 0 Å². The van der Waals surface area contributed by atoms with E-state index in [1.54, 1.807) is 0 Å². The Balaban J connectivity index is 1.34. The summed E-state index contributed by atoms with van der Waals surface area (Å²) in [6.45, 7) is 8.42. The second kappa shape index (κ2) is 9.75. The molecule has 1 aliphatic rings. The Bertz CT molecular complexity index is 1200. The lowest BCUT2D eigenvalue weighted by Crippen LogP contribution is -2.33. The minimum Gasteiger partial charge on any atom is -0.492 e. The molecule has 3 heterocycles. The third-order valence-corrected chi connectivity index (χ3v) is 6.19. The van der Waals surface area contributed by atoms with Crippen molar-refractivity contribution >= 4 is 10.9 Å². The number of piperidine rings is 1. The van der Waals surface area contributed by atoms with Gasteiger partial charge in [0.15, 0.2) is 5.82 Å². The quantitative estimate of drug-likeness (QED) is 0.396. The third-order valence-electron chi connectivity index (χ3n) is 6.19. The van der Waals surface area contributed by atoms with Crippen molar-refractivity contribution in [2.45, 2.75) is 39.5 Å². The molecule has 0 bridgehead atoms. The zero-order valence-corrected chi connectivity index (χ0v) is 19.5. The summed E-state index contributed by atoms with van der Waals surface area (Å²) in [6, 6.07) is 14.4.